The summed E-state index contributed by atoms with van der Waals surface area (Å²) in [6, 6.07) is 4.32. The monoisotopic (exact) mass is 324 g/mol. The Bertz CT molecular complexity index is 655. The van der Waals surface area contributed by atoms with Crippen LogP contribution in [-0.4, -0.2) is 54.5 Å². The molecule has 0 bridgehead atoms. The molecule has 2 fully saturated rings. The van der Waals surface area contributed by atoms with Crippen LogP contribution < -0.4 is 4.90 Å². The highest BCUT2D eigenvalue weighted by molar-refractivity contribution is 5.98. The van der Waals surface area contributed by atoms with E-state index < -0.39 is 17.8 Å². The number of alkyl halides is 3. The molecule has 0 aliphatic carbocycles. The first-order chi connectivity index (χ1) is 10.9. The van der Waals surface area contributed by atoms with Crippen molar-refractivity contribution in [1.82, 2.24) is 9.80 Å². The van der Waals surface area contributed by atoms with E-state index in [9.17, 15) is 18.0 Å². The molecule has 1 aromatic carbocycles. The van der Waals surface area contributed by atoms with Crippen LogP contribution in [0, 0.1) is 11.5 Å². The SMILES string of the molecule is N#CN1CCN2CCN(c3cccc(C(F)(F)F)c3)C(=O)C2C1. The van der Waals surface area contributed by atoms with Gasteiger partial charge in [-0.1, -0.05) is 6.07 Å². The summed E-state index contributed by atoms with van der Waals surface area (Å²) in [6.07, 6.45) is -2.41. The van der Waals surface area contributed by atoms with Gasteiger partial charge >= 0.3 is 6.18 Å². The summed E-state index contributed by atoms with van der Waals surface area (Å²) >= 11 is 0. The van der Waals surface area contributed by atoms with Crippen molar-refractivity contribution in [3.05, 3.63) is 29.8 Å². The molecular weight excluding hydrogens is 309 g/mol. The van der Waals surface area contributed by atoms with Crippen LogP contribution in [0.3, 0.4) is 0 Å². The Morgan fingerprint density at radius 2 is 1.91 bits per heavy atom. The van der Waals surface area contributed by atoms with Gasteiger partial charge in [-0.2, -0.15) is 18.4 Å². The molecule has 2 aliphatic heterocycles. The summed E-state index contributed by atoms with van der Waals surface area (Å²) in [5, 5.41) is 8.98. The summed E-state index contributed by atoms with van der Waals surface area (Å²) in [5.41, 5.74) is -0.522. The number of nitriles is 1. The number of fused-ring (bicyclic) bond motifs is 1. The highest BCUT2D eigenvalue weighted by Gasteiger charge is 2.39. The molecule has 23 heavy (non-hydrogen) atoms. The lowest BCUT2D eigenvalue weighted by molar-refractivity contribution is -0.137. The summed E-state index contributed by atoms with van der Waals surface area (Å²) < 4.78 is 38.5. The van der Waals surface area contributed by atoms with E-state index in [1.807, 2.05) is 11.1 Å². The lowest BCUT2D eigenvalue weighted by Crippen LogP contribution is -2.64. The normalized spacial score (nSPS) is 22.7. The highest BCUT2D eigenvalue weighted by Crippen LogP contribution is 2.32. The third-order valence-electron chi connectivity index (χ3n) is 4.28. The maximum atomic E-state index is 12.8. The first-order valence-electron chi connectivity index (χ1n) is 7.27. The van der Waals surface area contributed by atoms with Gasteiger partial charge in [-0.05, 0) is 18.2 Å². The number of nitrogens with zero attached hydrogens (tertiary/aromatic N) is 4. The minimum absolute atomic E-state index is 0.249. The Kier molecular flexibility index (Phi) is 3.90. The molecule has 2 heterocycles. The van der Waals surface area contributed by atoms with Crippen LogP contribution in [-0.2, 0) is 11.0 Å². The number of carbonyl (C=O) groups excluding carboxylic acids is 1. The zero-order valence-corrected chi connectivity index (χ0v) is 12.3. The Labute approximate surface area is 131 Å². The minimum atomic E-state index is -4.44. The number of halogens is 3. The van der Waals surface area contributed by atoms with Crippen molar-refractivity contribution < 1.29 is 18.0 Å². The number of carbonyl (C=O) groups is 1. The van der Waals surface area contributed by atoms with Crippen molar-refractivity contribution in [2.45, 2.75) is 12.2 Å². The first-order valence-corrected chi connectivity index (χ1v) is 7.27. The van der Waals surface area contributed by atoms with E-state index in [1.54, 1.807) is 0 Å². The number of benzene rings is 1. The van der Waals surface area contributed by atoms with Crippen molar-refractivity contribution in [3.63, 3.8) is 0 Å². The second-order valence-corrected chi connectivity index (χ2v) is 5.64. The molecule has 122 valence electrons. The molecule has 3 rings (SSSR count). The summed E-state index contributed by atoms with van der Waals surface area (Å²) in [7, 11) is 0. The quantitative estimate of drug-likeness (QED) is 0.735. The van der Waals surface area contributed by atoms with Crippen LogP contribution >= 0.6 is 0 Å². The van der Waals surface area contributed by atoms with Gasteiger partial charge in [-0.25, -0.2) is 0 Å². The van der Waals surface area contributed by atoms with Gasteiger partial charge in [0.25, 0.3) is 0 Å². The molecule has 2 saturated heterocycles. The van der Waals surface area contributed by atoms with Gasteiger partial charge in [0.1, 0.15) is 6.04 Å². The van der Waals surface area contributed by atoms with Gasteiger partial charge in [0.15, 0.2) is 6.19 Å². The zero-order chi connectivity index (χ0) is 16.6. The fraction of sp³-hybridized carbons (Fsp3) is 0.467. The standard InChI is InChI=1S/C15H15F3N4O/c16-15(17,18)11-2-1-3-12(8-11)22-7-6-21-5-4-20(10-19)9-13(21)14(22)23/h1-3,8,13H,4-7,9H2. The molecule has 8 heteroatoms. The topological polar surface area (TPSA) is 50.6 Å². The molecule has 5 nitrogen and oxygen atoms in total. The molecule has 0 spiro atoms. The lowest BCUT2D eigenvalue weighted by atomic mass is 10.1. The second kappa shape index (κ2) is 5.74. The lowest BCUT2D eigenvalue weighted by Gasteiger charge is -2.45. The number of hydrogen-bond donors (Lipinski definition) is 0. The van der Waals surface area contributed by atoms with E-state index in [0.717, 1.165) is 12.1 Å². The van der Waals surface area contributed by atoms with Crippen LogP contribution in [0.5, 0.6) is 0 Å². The molecule has 0 saturated carbocycles. The van der Waals surface area contributed by atoms with Crippen LogP contribution in [0.15, 0.2) is 24.3 Å². The van der Waals surface area contributed by atoms with Gasteiger partial charge < -0.3 is 9.80 Å². The Morgan fingerprint density at radius 1 is 1.17 bits per heavy atom. The molecule has 2 aliphatic rings. The summed E-state index contributed by atoms with van der Waals surface area (Å²) in [5.74, 6) is -0.254. The highest BCUT2D eigenvalue weighted by atomic mass is 19.4. The average Bonchev–Trinajstić information content (AvgIpc) is 2.54. The molecular formula is C15H15F3N4O. The number of rotatable bonds is 1. The zero-order valence-electron chi connectivity index (χ0n) is 12.3. The minimum Gasteiger partial charge on any atom is -0.310 e. The molecule has 0 radical (unpaired) electrons. The number of piperazine rings is 2. The van der Waals surface area contributed by atoms with Crippen molar-refractivity contribution in [2.24, 2.45) is 0 Å². The molecule has 1 unspecified atom stereocenters. The van der Waals surface area contributed by atoms with Gasteiger partial charge in [0.05, 0.1) is 12.1 Å². The fourth-order valence-electron chi connectivity index (χ4n) is 3.04. The van der Waals surface area contributed by atoms with E-state index in [0.29, 0.717) is 26.2 Å². The Hall–Kier alpha value is -2.27. The predicted octanol–water partition coefficient (Wildman–Crippen LogP) is 1.52. The number of hydrogen-bond acceptors (Lipinski definition) is 4. The van der Waals surface area contributed by atoms with Crippen LogP contribution in [0.1, 0.15) is 5.56 Å². The maximum Gasteiger partial charge on any atom is 0.416 e. The molecule has 0 aromatic heterocycles. The molecule has 1 amide bonds. The van der Waals surface area contributed by atoms with Crippen LogP contribution in [0.2, 0.25) is 0 Å². The van der Waals surface area contributed by atoms with Crippen molar-refractivity contribution in [1.29, 1.82) is 5.26 Å². The Morgan fingerprint density at radius 3 is 2.61 bits per heavy atom. The molecule has 1 atom stereocenters. The fourth-order valence-corrected chi connectivity index (χ4v) is 3.04. The van der Waals surface area contributed by atoms with Gasteiger partial charge in [-0.3, -0.25) is 9.69 Å². The van der Waals surface area contributed by atoms with Gasteiger partial charge in [0, 0.05) is 31.9 Å². The smallest absolute Gasteiger partial charge is 0.310 e. The second-order valence-electron chi connectivity index (χ2n) is 5.64. The maximum absolute atomic E-state index is 12.8. The Balaban J connectivity index is 1.84. The van der Waals surface area contributed by atoms with E-state index in [-0.39, 0.29) is 18.1 Å². The third-order valence-corrected chi connectivity index (χ3v) is 4.28. The molecule has 0 N–H and O–H groups in total. The number of anilines is 1. The predicted molar refractivity (Wildman–Crippen MR) is 76.3 cm³/mol. The van der Waals surface area contributed by atoms with Crippen molar-refractivity contribution >= 4 is 11.6 Å². The molecule has 1 aromatic rings. The van der Waals surface area contributed by atoms with Crippen molar-refractivity contribution in [2.75, 3.05) is 37.6 Å². The summed E-state index contributed by atoms with van der Waals surface area (Å²) in [6.45, 7) is 2.41. The van der Waals surface area contributed by atoms with Gasteiger partial charge in [-0.15, -0.1) is 0 Å². The first kappa shape index (κ1) is 15.6. The summed E-state index contributed by atoms with van der Waals surface area (Å²) in [4.78, 5) is 17.5. The third kappa shape index (κ3) is 2.97. The van der Waals surface area contributed by atoms with E-state index >= 15 is 0 Å². The largest absolute Gasteiger partial charge is 0.416 e. The van der Waals surface area contributed by atoms with Crippen LogP contribution in [0.4, 0.5) is 18.9 Å². The van der Waals surface area contributed by atoms with E-state index in [4.69, 9.17) is 5.26 Å². The van der Waals surface area contributed by atoms with Gasteiger partial charge in [0.2, 0.25) is 5.91 Å². The van der Waals surface area contributed by atoms with E-state index in [2.05, 4.69) is 0 Å². The van der Waals surface area contributed by atoms with Crippen molar-refractivity contribution in [3.8, 4) is 6.19 Å². The van der Waals surface area contributed by atoms with Crippen LogP contribution in [0.25, 0.3) is 0 Å². The average molecular weight is 324 g/mol. The van der Waals surface area contributed by atoms with E-state index in [1.165, 1.54) is 21.9 Å². The number of amides is 1.